The molecule has 1 saturated heterocycles. The highest BCUT2D eigenvalue weighted by molar-refractivity contribution is 6.31. The second kappa shape index (κ2) is 7.26. The van der Waals surface area contributed by atoms with Crippen molar-refractivity contribution in [2.75, 3.05) is 27.2 Å². The molecule has 2 amide bonds. The van der Waals surface area contributed by atoms with Crippen LogP contribution in [-0.4, -0.2) is 54.6 Å². The zero-order valence-electron chi connectivity index (χ0n) is 16.3. The summed E-state index contributed by atoms with van der Waals surface area (Å²) >= 11 is 6.18. The summed E-state index contributed by atoms with van der Waals surface area (Å²) in [5, 5.41) is 2.51. The zero-order chi connectivity index (χ0) is 19.9. The molecule has 0 atom stereocenters. The Morgan fingerprint density at radius 1 is 1.26 bits per heavy atom. The predicted octanol–water partition coefficient (Wildman–Crippen LogP) is 2.45. The van der Waals surface area contributed by atoms with Crippen molar-refractivity contribution in [3.63, 3.8) is 0 Å². The van der Waals surface area contributed by atoms with Gasteiger partial charge >= 0.3 is 0 Å². The number of likely N-dealkylation sites (N-methyl/N-ethyl adjacent to an activating group) is 1. The molecule has 0 aromatic heterocycles. The van der Waals surface area contributed by atoms with Gasteiger partial charge in [-0.25, -0.2) is 0 Å². The number of hydrogen-bond donors (Lipinski definition) is 1. The summed E-state index contributed by atoms with van der Waals surface area (Å²) in [6.07, 6.45) is 1.46. The van der Waals surface area contributed by atoms with Crippen molar-refractivity contribution in [2.45, 2.75) is 38.6 Å². The summed E-state index contributed by atoms with van der Waals surface area (Å²) in [5.41, 5.74) is 9.22. The maximum absolute atomic E-state index is 13.3. The van der Waals surface area contributed by atoms with Crippen LogP contribution in [0.3, 0.4) is 0 Å². The van der Waals surface area contributed by atoms with Gasteiger partial charge in [0.2, 0.25) is 5.91 Å². The quantitative estimate of drug-likeness (QED) is 0.855. The number of hydroxylamine groups is 2. The second-order valence-corrected chi connectivity index (χ2v) is 7.86. The van der Waals surface area contributed by atoms with Crippen LogP contribution in [0.5, 0.6) is 0 Å². The lowest BCUT2D eigenvalue weighted by molar-refractivity contribution is -0.160. The van der Waals surface area contributed by atoms with Crippen LogP contribution in [0.25, 0.3) is 5.57 Å². The van der Waals surface area contributed by atoms with Gasteiger partial charge in [-0.15, -0.1) is 0 Å². The molecule has 6 nitrogen and oxygen atoms in total. The molecule has 0 bridgehead atoms. The van der Waals surface area contributed by atoms with E-state index in [-0.39, 0.29) is 12.3 Å². The molecule has 27 heavy (non-hydrogen) atoms. The van der Waals surface area contributed by atoms with Crippen LogP contribution in [0, 0.1) is 13.8 Å². The highest BCUT2D eigenvalue weighted by atomic mass is 35.5. The molecule has 0 unspecified atom stereocenters. The summed E-state index contributed by atoms with van der Waals surface area (Å²) in [7, 11) is 3.47. The predicted molar refractivity (Wildman–Crippen MR) is 105 cm³/mol. The first kappa shape index (κ1) is 19.9. The summed E-state index contributed by atoms with van der Waals surface area (Å²) < 4.78 is 0. The number of primary amides is 1. The molecule has 7 heteroatoms. The number of amides is 2. The van der Waals surface area contributed by atoms with Gasteiger partial charge in [0, 0.05) is 30.7 Å². The molecule has 2 N–H and O–H groups in total. The summed E-state index contributed by atoms with van der Waals surface area (Å²) in [5.74, 6) is -0.492. The molecule has 1 aromatic carbocycles. The number of halogens is 1. The molecular weight excluding hydrogens is 366 g/mol. The Morgan fingerprint density at radius 2 is 1.81 bits per heavy atom. The molecule has 2 heterocycles. The number of rotatable bonds is 4. The molecule has 0 aliphatic carbocycles. The number of benzene rings is 1. The second-order valence-electron chi connectivity index (χ2n) is 7.42. The van der Waals surface area contributed by atoms with Crippen LogP contribution >= 0.6 is 11.6 Å². The van der Waals surface area contributed by atoms with Gasteiger partial charge < -0.3 is 15.5 Å². The van der Waals surface area contributed by atoms with E-state index in [4.69, 9.17) is 22.2 Å². The SMILES string of the molecule is CON1CCC2(CC1)C(CC(N)=O)=C(c1c(C)cc(Cl)cc1C)C(=O)N2C. The van der Waals surface area contributed by atoms with Gasteiger partial charge in [-0.1, -0.05) is 11.6 Å². The van der Waals surface area contributed by atoms with Crippen molar-refractivity contribution in [2.24, 2.45) is 5.73 Å². The van der Waals surface area contributed by atoms with Crippen LogP contribution < -0.4 is 5.73 Å². The highest BCUT2D eigenvalue weighted by Gasteiger charge is 2.51. The molecule has 2 aliphatic heterocycles. The van der Waals surface area contributed by atoms with Crippen molar-refractivity contribution >= 4 is 29.0 Å². The third-order valence-electron chi connectivity index (χ3n) is 5.93. The van der Waals surface area contributed by atoms with Crippen LogP contribution in [0.1, 0.15) is 36.0 Å². The van der Waals surface area contributed by atoms with Crippen LogP contribution in [0.2, 0.25) is 5.02 Å². The third kappa shape index (κ3) is 3.26. The molecule has 3 rings (SSSR count). The number of hydrogen-bond acceptors (Lipinski definition) is 4. The Labute approximate surface area is 164 Å². The third-order valence-corrected chi connectivity index (χ3v) is 6.15. The lowest BCUT2D eigenvalue weighted by Crippen LogP contribution is -2.53. The Kier molecular flexibility index (Phi) is 5.34. The minimum Gasteiger partial charge on any atom is -0.369 e. The van der Waals surface area contributed by atoms with Crippen LogP contribution in [0.4, 0.5) is 0 Å². The zero-order valence-corrected chi connectivity index (χ0v) is 17.0. The minimum atomic E-state index is -0.505. The Balaban J connectivity index is 2.20. The van der Waals surface area contributed by atoms with E-state index in [0.29, 0.717) is 36.5 Å². The Morgan fingerprint density at radius 3 is 2.30 bits per heavy atom. The van der Waals surface area contributed by atoms with Crippen LogP contribution in [0.15, 0.2) is 17.7 Å². The van der Waals surface area contributed by atoms with Crippen molar-refractivity contribution in [3.05, 3.63) is 39.4 Å². The maximum Gasteiger partial charge on any atom is 0.255 e. The number of carbonyl (C=O) groups is 2. The molecule has 0 saturated carbocycles. The van der Waals surface area contributed by atoms with E-state index < -0.39 is 11.4 Å². The first-order valence-corrected chi connectivity index (χ1v) is 9.45. The van der Waals surface area contributed by atoms with Gasteiger partial charge in [0.05, 0.1) is 19.1 Å². The summed E-state index contributed by atoms with van der Waals surface area (Å²) in [6, 6.07) is 3.70. The fourth-order valence-corrected chi connectivity index (χ4v) is 4.92. The van der Waals surface area contributed by atoms with E-state index in [0.717, 1.165) is 22.3 Å². The van der Waals surface area contributed by atoms with Gasteiger partial charge in [-0.2, -0.15) is 5.06 Å². The van der Waals surface area contributed by atoms with Crippen molar-refractivity contribution in [1.29, 1.82) is 0 Å². The first-order valence-electron chi connectivity index (χ1n) is 9.07. The minimum absolute atomic E-state index is 0.0642. The van der Waals surface area contributed by atoms with E-state index in [1.165, 1.54) is 0 Å². The number of aryl methyl sites for hydroxylation is 2. The van der Waals surface area contributed by atoms with Gasteiger partial charge in [0.25, 0.3) is 5.91 Å². The molecule has 0 radical (unpaired) electrons. The molecule has 146 valence electrons. The average molecular weight is 392 g/mol. The number of nitrogens with two attached hydrogens (primary N) is 1. The smallest absolute Gasteiger partial charge is 0.255 e. The molecule has 1 spiro atoms. The van der Waals surface area contributed by atoms with Crippen molar-refractivity contribution in [3.8, 4) is 0 Å². The lowest BCUT2D eigenvalue weighted by Gasteiger charge is -2.44. The van der Waals surface area contributed by atoms with E-state index in [1.807, 2.05) is 38.1 Å². The summed E-state index contributed by atoms with van der Waals surface area (Å²) in [4.78, 5) is 32.4. The maximum atomic E-state index is 13.3. The van der Waals surface area contributed by atoms with Crippen molar-refractivity contribution < 1.29 is 14.4 Å². The van der Waals surface area contributed by atoms with Gasteiger partial charge in [-0.3, -0.25) is 9.59 Å². The van der Waals surface area contributed by atoms with E-state index >= 15 is 0 Å². The lowest BCUT2D eigenvalue weighted by atomic mass is 9.77. The van der Waals surface area contributed by atoms with Gasteiger partial charge in [0.15, 0.2) is 0 Å². The molecule has 1 fully saturated rings. The van der Waals surface area contributed by atoms with E-state index in [2.05, 4.69) is 0 Å². The summed E-state index contributed by atoms with van der Waals surface area (Å²) in [6.45, 7) is 5.24. The highest BCUT2D eigenvalue weighted by Crippen LogP contribution is 2.48. The fourth-order valence-electron chi connectivity index (χ4n) is 4.59. The van der Waals surface area contributed by atoms with E-state index in [1.54, 1.807) is 12.0 Å². The Bertz CT molecular complexity index is 803. The average Bonchev–Trinajstić information content (AvgIpc) is 2.78. The van der Waals surface area contributed by atoms with E-state index in [9.17, 15) is 9.59 Å². The number of carbonyl (C=O) groups excluding carboxylic acids is 2. The normalized spacial score (nSPS) is 20.0. The topological polar surface area (TPSA) is 75.9 Å². The molecule has 2 aliphatic rings. The molecule has 1 aromatic rings. The molecular formula is C20H26ClN3O3. The number of nitrogens with zero attached hydrogens (tertiary/aromatic N) is 2. The van der Waals surface area contributed by atoms with Gasteiger partial charge in [-0.05, 0) is 61.1 Å². The standard InChI is InChI=1S/C20H26ClN3O3/c1-12-9-14(21)10-13(2)17(12)18-15(11-16(22)25)20(23(3)19(18)26)5-7-24(27-4)8-6-20/h9-10H,5-8,11H2,1-4H3,(H2,22,25). The first-order chi connectivity index (χ1) is 12.7. The van der Waals surface area contributed by atoms with Gasteiger partial charge in [0.1, 0.15) is 0 Å². The number of piperidine rings is 1. The monoisotopic (exact) mass is 391 g/mol. The fraction of sp³-hybridized carbons (Fsp3) is 0.500. The van der Waals surface area contributed by atoms with Crippen molar-refractivity contribution in [1.82, 2.24) is 9.96 Å². The Hall–Kier alpha value is -1.89. The van der Waals surface area contributed by atoms with Crippen LogP contribution in [-0.2, 0) is 14.4 Å². The largest absolute Gasteiger partial charge is 0.369 e.